The molecule has 0 aliphatic heterocycles. The Kier molecular flexibility index (Phi) is 5.53. The number of thiophene rings is 1. The number of sulfone groups is 1. The third-order valence-electron chi connectivity index (χ3n) is 4.52. The van der Waals surface area contributed by atoms with Crippen LogP contribution in [0.1, 0.15) is 34.3 Å². The van der Waals surface area contributed by atoms with Crippen molar-refractivity contribution in [3.8, 4) is 0 Å². The Bertz CT molecular complexity index is 1050. The smallest absolute Gasteiger partial charge is 0.266 e. The first kappa shape index (κ1) is 19.4. The molecule has 2 aromatic heterocycles. The summed E-state index contributed by atoms with van der Waals surface area (Å²) in [6.07, 6.45) is 0.821. The molecule has 7 heteroatoms. The highest BCUT2D eigenvalue weighted by Crippen LogP contribution is 2.35. The quantitative estimate of drug-likeness (QED) is 0.652. The number of nitrogens with zero attached hydrogens (tertiary/aromatic N) is 1. The molecule has 0 bridgehead atoms. The summed E-state index contributed by atoms with van der Waals surface area (Å²) in [5.74, 6) is 0.0402. The Hall–Kier alpha value is -2.38. The molecule has 0 saturated carbocycles. The first-order chi connectivity index (χ1) is 12.9. The second kappa shape index (κ2) is 7.70. The molecule has 0 aliphatic carbocycles. The van der Waals surface area contributed by atoms with Crippen molar-refractivity contribution in [1.29, 1.82) is 0 Å². The van der Waals surface area contributed by atoms with Gasteiger partial charge in [-0.15, -0.1) is 11.3 Å². The van der Waals surface area contributed by atoms with Crippen LogP contribution in [0.25, 0.3) is 0 Å². The van der Waals surface area contributed by atoms with Gasteiger partial charge in [0.1, 0.15) is 10.7 Å². The highest BCUT2D eigenvalue weighted by molar-refractivity contribution is 7.91. The summed E-state index contributed by atoms with van der Waals surface area (Å²) in [6.45, 7) is 6.32. The fourth-order valence-corrected chi connectivity index (χ4v) is 5.42. The molecule has 3 aromatic rings. The molecule has 0 aliphatic rings. The van der Waals surface area contributed by atoms with Gasteiger partial charge < -0.3 is 9.88 Å². The van der Waals surface area contributed by atoms with Crippen LogP contribution in [0, 0.1) is 13.8 Å². The molecule has 0 radical (unpaired) electrons. The Labute approximate surface area is 163 Å². The van der Waals surface area contributed by atoms with Crippen LogP contribution in [0.2, 0.25) is 0 Å². The molecular formula is C20H22N2O3S2. The minimum Gasteiger partial charge on any atom is -0.331 e. The molecule has 27 heavy (non-hydrogen) atoms. The molecule has 0 unspecified atom stereocenters. The van der Waals surface area contributed by atoms with Gasteiger partial charge in [0.05, 0.1) is 9.77 Å². The normalized spacial score (nSPS) is 11.5. The van der Waals surface area contributed by atoms with E-state index in [2.05, 4.69) is 5.32 Å². The van der Waals surface area contributed by atoms with Gasteiger partial charge in [0, 0.05) is 12.2 Å². The maximum atomic E-state index is 13.4. The summed E-state index contributed by atoms with van der Waals surface area (Å²) >= 11 is 1.32. The Morgan fingerprint density at radius 3 is 2.41 bits per heavy atom. The van der Waals surface area contributed by atoms with Crippen LogP contribution in [0.4, 0.5) is 5.82 Å². The molecule has 0 fully saturated rings. The zero-order valence-corrected chi connectivity index (χ0v) is 17.2. The van der Waals surface area contributed by atoms with E-state index in [1.165, 1.54) is 11.3 Å². The third-order valence-corrected chi connectivity index (χ3v) is 7.32. The molecule has 2 heterocycles. The number of carbonyl (C=O) groups excluding carboxylic acids is 1. The number of carbonyl (C=O) groups is 1. The Balaban J connectivity index is 2.18. The fourth-order valence-electron chi connectivity index (χ4n) is 3.09. The molecule has 0 spiro atoms. The lowest BCUT2D eigenvalue weighted by molar-refractivity contribution is 0.102. The van der Waals surface area contributed by atoms with E-state index in [4.69, 9.17) is 0 Å². The van der Waals surface area contributed by atoms with E-state index < -0.39 is 9.84 Å². The molecule has 0 saturated heterocycles. The van der Waals surface area contributed by atoms with Crippen molar-refractivity contribution in [3.63, 3.8) is 0 Å². The van der Waals surface area contributed by atoms with Gasteiger partial charge in [-0.25, -0.2) is 8.42 Å². The van der Waals surface area contributed by atoms with E-state index in [1.54, 1.807) is 49.4 Å². The van der Waals surface area contributed by atoms with Crippen LogP contribution < -0.4 is 5.32 Å². The standard InChI is InChI=1S/C20H22N2O3S2/c1-4-12-22-15(3)14(2)18(27(24,25)16-9-6-5-7-10-16)19(22)21-20(23)17-11-8-13-26-17/h5-11,13H,4,12H2,1-3H3,(H,21,23). The predicted molar refractivity (Wildman–Crippen MR) is 108 cm³/mol. The third kappa shape index (κ3) is 3.57. The van der Waals surface area contributed by atoms with Crippen LogP contribution in [-0.4, -0.2) is 18.9 Å². The summed E-state index contributed by atoms with van der Waals surface area (Å²) in [5.41, 5.74) is 1.50. The van der Waals surface area contributed by atoms with Gasteiger partial charge in [-0.1, -0.05) is 31.2 Å². The summed E-state index contributed by atoms with van der Waals surface area (Å²) < 4.78 is 28.6. The zero-order valence-electron chi connectivity index (χ0n) is 15.5. The first-order valence-electron chi connectivity index (χ1n) is 8.72. The number of hydrogen-bond acceptors (Lipinski definition) is 4. The van der Waals surface area contributed by atoms with E-state index in [-0.39, 0.29) is 15.7 Å². The van der Waals surface area contributed by atoms with Crippen molar-refractivity contribution < 1.29 is 13.2 Å². The minimum atomic E-state index is -3.77. The van der Waals surface area contributed by atoms with Crippen LogP contribution >= 0.6 is 11.3 Å². The van der Waals surface area contributed by atoms with Crippen LogP contribution in [0.3, 0.4) is 0 Å². The molecule has 1 N–H and O–H groups in total. The van der Waals surface area contributed by atoms with E-state index in [1.807, 2.05) is 23.8 Å². The van der Waals surface area contributed by atoms with E-state index in [9.17, 15) is 13.2 Å². The van der Waals surface area contributed by atoms with Gasteiger partial charge in [-0.05, 0) is 49.4 Å². The topological polar surface area (TPSA) is 68.2 Å². The molecule has 1 aromatic carbocycles. The fraction of sp³-hybridized carbons (Fsp3) is 0.250. The van der Waals surface area contributed by atoms with Gasteiger partial charge in [-0.3, -0.25) is 4.79 Å². The average Bonchev–Trinajstić information content (AvgIpc) is 3.27. The van der Waals surface area contributed by atoms with Crippen molar-refractivity contribution in [2.75, 3.05) is 5.32 Å². The van der Waals surface area contributed by atoms with Crippen LogP contribution in [-0.2, 0) is 16.4 Å². The SMILES string of the molecule is CCCn1c(C)c(C)c(S(=O)(=O)c2ccccc2)c1NC(=O)c1cccs1. The van der Waals surface area contributed by atoms with E-state index >= 15 is 0 Å². The molecule has 1 amide bonds. The lowest BCUT2D eigenvalue weighted by Crippen LogP contribution is -2.17. The summed E-state index contributed by atoms with van der Waals surface area (Å²) in [5, 5.41) is 4.68. The molecule has 0 atom stereocenters. The largest absolute Gasteiger partial charge is 0.331 e. The van der Waals surface area contributed by atoms with Crippen molar-refractivity contribution in [3.05, 3.63) is 64.0 Å². The Morgan fingerprint density at radius 2 is 1.81 bits per heavy atom. The summed E-state index contributed by atoms with van der Waals surface area (Å²) in [6, 6.07) is 11.8. The zero-order chi connectivity index (χ0) is 19.6. The number of rotatable bonds is 6. The monoisotopic (exact) mass is 402 g/mol. The van der Waals surface area contributed by atoms with Gasteiger partial charge >= 0.3 is 0 Å². The van der Waals surface area contributed by atoms with Gasteiger partial charge in [0.15, 0.2) is 0 Å². The number of anilines is 1. The molecule has 3 rings (SSSR count). The lowest BCUT2D eigenvalue weighted by atomic mass is 10.3. The number of benzene rings is 1. The summed E-state index contributed by atoms with van der Waals surface area (Å²) in [7, 11) is -3.77. The first-order valence-corrected chi connectivity index (χ1v) is 11.1. The number of nitrogens with one attached hydrogen (secondary N) is 1. The van der Waals surface area contributed by atoms with Crippen molar-refractivity contribution in [1.82, 2.24) is 4.57 Å². The van der Waals surface area contributed by atoms with Crippen molar-refractivity contribution >= 4 is 32.9 Å². The van der Waals surface area contributed by atoms with Crippen molar-refractivity contribution in [2.45, 2.75) is 43.5 Å². The number of aromatic nitrogens is 1. The van der Waals surface area contributed by atoms with E-state index in [0.29, 0.717) is 22.8 Å². The summed E-state index contributed by atoms with van der Waals surface area (Å²) in [4.78, 5) is 13.6. The highest BCUT2D eigenvalue weighted by Gasteiger charge is 2.30. The number of hydrogen-bond donors (Lipinski definition) is 1. The lowest BCUT2D eigenvalue weighted by Gasteiger charge is -2.13. The van der Waals surface area contributed by atoms with Crippen LogP contribution in [0.15, 0.2) is 57.6 Å². The number of amides is 1. The molecular weight excluding hydrogens is 380 g/mol. The Morgan fingerprint density at radius 1 is 1.11 bits per heavy atom. The maximum Gasteiger partial charge on any atom is 0.266 e. The van der Waals surface area contributed by atoms with Crippen LogP contribution in [0.5, 0.6) is 0 Å². The molecule has 142 valence electrons. The van der Waals surface area contributed by atoms with Gasteiger partial charge in [0.2, 0.25) is 9.84 Å². The molecule has 5 nitrogen and oxygen atoms in total. The highest BCUT2D eigenvalue weighted by atomic mass is 32.2. The predicted octanol–water partition coefficient (Wildman–Crippen LogP) is 4.66. The van der Waals surface area contributed by atoms with Gasteiger partial charge in [-0.2, -0.15) is 0 Å². The van der Waals surface area contributed by atoms with Crippen molar-refractivity contribution in [2.24, 2.45) is 0 Å². The van der Waals surface area contributed by atoms with E-state index in [0.717, 1.165) is 12.1 Å². The minimum absolute atomic E-state index is 0.171. The average molecular weight is 403 g/mol. The maximum absolute atomic E-state index is 13.4. The second-order valence-corrected chi connectivity index (χ2v) is 9.12. The van der Waals surface area contributed by atoms with Gasteiger partial charge in [0.25, 0.3) is 5.91 Å². The second-order valence-electron chi connectivity index (χ2n) is 6.29.